The largest absolute Gasteiger partial charge is 0.437 e. The van der Waals surface area contributed by atoms with Gasteiger partial charge in [-0.05, 0) is 43.5 Å². The van der Waals surface area contributed by atoms with Gasteiger partial charge in [0.15, 0.2) is 0 Å². The summed E-state index contributed by atoms with van der Waals surface area (Å²) < 4.78 is 38.6. The van der Waals surface area contributed by atoms with Gasteiger partial charge in [0, 0.05) is 5.69 Å². The molecule has 0 spiro atoms. The van der Waals surface area contributed by atoms with Gasteiger partial charge in [-0.2, -0.15) is 13.2 Å². The number of rotatable bonds is 13. The van der Waals surface area contributed by atoms with E-state index in [2.05, 4.69) is 17.4 Å². The number of carbonyl (C=O) groups excluding carboxylic acids is 1. The van der Waals surface area contributed by atoms with Crippen LogP contribution >= 0.6 is 0 Å². The van der Waals surface area contributed by atoms with E-state index in [1.54, 1.807) is 0 Å². The third-order valence-corrected chi connectivity index (χ3v) is 5.58. The van der Waals surface area contributed by atoms with Gasteiger partial charge >= 0.3 is 12.3 Å². The summed E-state index contributed by atoms with van der Waals surface area (Å²) in [7, 11) is 0. The van der Waals surface area contributed by atoms with E-state index in [1.807, 2.05) is 31.2 Å². The Morgan fingerprint density at radius 2 is 1.53 bits per heavy atom. The molecule has 2 aromatic carbocycles. The summed E-state index contributed by atoms with van der Waals surface area (Å²) in [6.45, 7) is 4.20. The predicted octanol–water partition coefficient (Wildman–Crippen LogP) is 8.89. The Kier molecular flexibility index (Phi) is 11.6. The Labute approximate surface area is 200 Å². The van der Waals surface area contributed by atoms with Crippen molar-refractivity contribution in [3.63, 3.8) is 0 Å². The van der Waals surface area contributed by atoms with Gasteiger partial charge in [0.2, 0.25) is 0 Å². The normalized spacial score (nSPS) is 12.0. The minimum absolute atomic E-state index is 0.00847. The number of anilines is 1. The SMILES string of the molecule is CCCCCCCCCCC/C(=N/OC(=O)Nc1cccc(C(F)(F)F)c1)c1ccc(C)cc1. The Balaban J connectivity index is 1.91. The van der Waals surface area contributed by atoms with Crippen molar-refractivity contribution in [1.29, 1.82) is 0 Å². The average Bonchev–Trinajstić information content (AvgIpc) is 2.80. The molecule has 4 nitrogen and oxygen atoms in total. The highest BCUT2D eigenvalue weighted by molar-refractivity contribution is 6.00. The number of amides is 1. The third kappa shape index (κ3) is 10.4. The second-order valence-corrected chi connectivity index (χ2v) is 8.56. The first-order valence-electron chi connectivity index (χ1n) is 12.1. The van der Waals surface area contributed by atoms with E-state index >= 15 is 0 Å². The van der Waals surface area contributed by atoms with Gasteiger partial charge in [0.25, 0.3) is 0 Å². The molecule has 0 fully saturated rings. The van der Waals surface area contributed by atoms with Crippen LogP contribution in [0.15, 0.2) is 53.7 Å². The molecule has 2 aromatic rings. The molecule has 2 rings (SSSR count). The van der Waals surface area contributed by atoms with Crippen LogP contribution in [-0.2, 0) is 11.0 Å². The molecule has 1 N–H and O–H groups in total. The first-order chi connectivity index (χ1) is 16.3. The highest BCUT2D eigenvalue weighted by Gasteiger charge is 2.30. The maximum absolute atomic E-state index is 12.9. The molecule has 186 valence electrons. The summed E-state index contributed by atoms with van der Waals surface area (Å²) in [5.74, 6) is 0. The number of oxime groups is 1. The van der Waals surface area contributed by atoms with Gasteiger partial charge in [0.05, 0.1) is 11.3 Å². The summed E-state index contributed by atoms with van der Waals surface area (Å²) >= 11 is 0. The fraction of sp³-hybridized carbons (Fsp3) is 0.481. The number of hydrogen-bond acceptors (Lipinski definition) is 3. The maximum atomic E-state index is 12.9. The molecule has 0 unspecified atom stereocenters. The number of benzene rings is 2. The van der Waals surface area contributed by atoms with Crippen molar-refractivity contribution in [1.82, 2.24) is 0 Å². The van der Waals surface area contributed by atoms with Gasteiger partial charge in [-0.3, -0.25) is 10.2 Å². The summed E-state index contributed by atoms with van der Waals surface area (Å²) in [5.41, 5.74) is 1.75. The zero-order valence-electron chi connectivity index (χ0n) is 20.1. The number of nitrogens with zero attached hydrogens (tertiary/aromatic N) is 1. The van der Waals surface area contributed by atoms with Gasteiger partial charge in [-0.25, -0.2) is 4.79 Å². The Hall–Kier alpha value is -2.83. The van der Waals surface area contributed by atoms with Crippen LogP contribution in [-0.4, -0.2) is 11.8 Å². The number of nitrogens with one attached hydrogen (secondary N) is 1. The van der Waals surface area contributed by atoms with E-state index in [-0.39, 0.29) is 5.69 Å². The highest BCUT2D eigenvalue weighted by atomic mass is 19.4. The van der Waals surface area contributed by atoms with Gasteiger partial charge in [-0.1, -0.05) is 99.3 Å². The minimum atomic E-state index is -4.49. The predicted molar refractivity (Wildman–Crippen MR) is 131 cm³/mol. The molecule has 0 aromatic heterocycles. The second kappa shape index (κ2) is 14.4. The Morgan fingerprint density at radius 1 is 0.912 bits per heavy atom. The topological polar surface area (TPSA) is 50.7 Å². The number of carbonyl (C=O) groups is 1. The van der Waals surface area contributed by atoms with Crippen molar-refractivity contribution in [2.24, 2.45) is 5.16 Å². The molecular weight excluding hydrogens is 441 g/mol. The lowest BCUT2D eigenvalue weighted by Crippen LogP contribution is -2.14. The first-order valence-corrected chi connectivity index (χ1v) is 12.1. The van der Waals surface area contributed by atoms with Crippen LogP contribution in [0.4, 0.5) is 23.7 Å². The number of halogens is 3. The summed E-state index contributed by atoms with van der Waals surface area (Å²) in [5, 5.41) is 6.35. The fourth-order valence-corrected chi connectivity index (χ4v) is 3.60. The van der Waals surface area contributed by atoms with Crippen LogP contribution in [0.2, 0.25) is 0 Å². The molecule has 0 bridgehead atoms. The summed E-state index contributed by atoms with van der Waals surface area (Å²) in [4.78, 5) is 17.2. The van der Waals surface area contributed by atoms with Crippen molar-refractivity contribution in [3.8, 4) is 0 Å². The van der Waals surface area contributed by atoms with E-state index in [9.17, 15) is 18.0 Å². The standard InChI is InChI=1S/C27H35F3N2O2/c1-3-4-5-6-7-8-9-10-11-15-25(22-18-16-21(2)17-19-22)32-34-26(33)31-24-14-12-13-23(20-24)27(28,29)30/h12-14,16-20H,3-11,15H2,1-2H3,(H,31,33)/b32-25-. The lowest BCUT2D eigenvalue weighted by molar-refractivity contribution is -0.137. The van der Waals surface area contributed by atoms with Crippen molar-refractivity contribution < 1.29 is 22.8 Å². The first kappa shape index (κ1) is 27.4. The number of unbranched alkanes of at least 4 members (excludes halogenated alkanes) is 8. The van der Waals surface area contributed by atoms with Gasteiger partial charge in [0.1, 0.15) is 0 Å². The van der Waals surface area contributed by atoms with Crippen LogP contribution in [0.5, 0.6) is 0 Å². The minimum Gasteiger partial charge on any atom is -0.297 e. The van der Waals surface area contributed by atoms with Crippen LogP contribution in [0.25, 0.3) is 0 Å². The molecular formula is C27H35F3N2O2. The monoisotopic (exact) mass is 476 g/mol. The molecule has 0 radical (unpaired) electrons. The second-order valence-electron chi connectivity index (χ2n) is 8.56. The summed E-state index contributed by atoms with van der Waals surface area (Å²) in [6, 6.07) is 12.2. The zero-order chi connectivity index (χ0) is 24.8. The lowest BCUT2D eigenvalue weighted by atomic mass is 10.0. The highest BCUT2D eigenvalue weighted by Crippen LogP contribution is 2.30. The Bertz CT molecular complexity index is 909. The van der Waals surface area contributed by atoms with Crippen LogP contribution in [0, 0.1) is 6.92 Å². The van der Waals surface area contributed by atoms with Gasteiger partial charge in [-0.15, -0.1) is 0 Å². The summed E-state index contributed by atoms with van der Waals surface area (Å²) in [6.07, 6.45) is 5.99. The molecule has 0 saturated heterocycles. The lowest BCUT2D eigenvalue weighted by Gasteiger charge is -2.10. The Morgan fingerprint density at radius 3 is 2.15 bits per heavy atom. The van der Waals surface area contributed by atoms with Crippen LogP contribution in [0.1, 0.15) is 87.8 Å². The van der Waals surface area contributed by atoms with Crippen LogP contribution in [0.3, 0.4) is 0 Å². The zero-order valence-corrected chi connectivity index (χ0v) is 20.1. The average molecular weight is 477 g/mol. The van der Waals surface area contributed by atoms with Crippen molar-refractivity contribution in [2.75, 3.05) is 5.32 Å². The van der Waals surface area contributed by atoms with Gasteiger partial charge < -0.3 is 0 Å². The molecule has 0 aliphatic carbocycles. The quantitative estimate of drug-likeness (QED) is 0.136. The maximum Gasteiger partial charge on any atom is 0.437 e. The van der Waals surface area contributed by atoms with E-state index < -0.39 is 17.8 Å². The molecule has 1 amide bonds. The fourth-order valence-electron chi connectivity index (χ4n) is 3.60. The van der Waals surface area contributed by atoms with E-state index in [0.29, 0.717) is 12.1 Å². The number of alkyl halides is 3. The van der Waals surface area contributed by atoms with Crippen molar-refractivity contribution in [3.05, 3.63) is 65.2 Å². The molecule has 0 aliphatic rings. The molecule has 34 heavy (non-hydrogen) atoms. The van der Waals surface area contributed by atoms with Crippen molar-refractivity contribution in [2.45, 2.75) is 84.2 Å². The van der Waals surface area contributed by atoms with Crippen molar-refractivity contribution >= 4 is 17.5 Å². The smallest absolute Gasteiger partial charge is 0.297 e. The molecule has 0 heterocycles. The number of hydrogen-bond donors (Lipinski definition) is 1. The van der Waals surface area contributed by atoms with E-state index in [0.717, 1.165) is 42.5 Å². The number of aryl methyl sites for hydroxylation is 1. The molecule has 7 heteroatoms. The molecule has 0 aliphatic heterocycles. The van der Waals surface area contributed by atoms with Crippen LogP contribution < -0.4 is 5.32 Å². The molecule has 0 atom stereocenters. The van der Waals surface area contributed by atoms with E-state index in [1.165, 1.54) is 50.7 Å². The van der Waals surface area contributed by atoms with E-state index in [4.69, 9.17) is 4.84 Å². The third-order valence-electron chi connectivity index (χ3n) is 5.58. The molecule has 0 saturated carbocycles.